The first-order valence-electron chi connectivity index (χ1n) is 8.89. The summed E-state index contributed by atoms with van der Waals surface area (Å²) < 4.78 is 10.5. The molecule has 1 amide bonds. The lowest BCUT2D eigenvalue weighted by molar-refractivity contribution is 0.0527. The van der Waals surface area contributed by atoms with Crippen LogP contribution >= 0.6 is 24.0 Å². The fourth-order valence-electron chi connectivity index (χ4n) is 2.25. The summed E-state index contributed by atoms with van der Waals surface area (Å²) in [7, 11) is 3.41. The van der Waals surface area contributed by atoms with Gasteiger partial charge in [0.1, 0.15) is 11.4 Å². The molecule has 0 radical (unpaired) electrons. The molecular weight excluding hydrogens is 459 g/mol. The zero-order valence-corrected chi connectivity index (χ0v) is 19.3. The van der Waals surface area contributed by atoms with Crippen LogP contribution in [0.1, 0.15) is 32.8 Å². The van der Waals surface area contributed by atoms with Gasteiger partial charge in [-0.3, -0.25) is 4.99 Å². The van der Waals surface area contributed by atoms with Crippen molar-refractivity contribution in [2.45, 2.75) is 39.2 Å². The number of para-hydroxylation sites is 1. The van der Waals surface area contributed by atoms with E-state index in [9.17, 15) is 4.79 Å². The smallest absolute Gasteiger partial charge is 0.407 e. The number of nitrogens with one attached hydrogen (secondary N) is 3. The minimum Gasteiger partial charge on any atom is -0.496 e. The molecule has 7 nitrogen and oxygen atoms in total. The number of carbonyl (C=O) groups is 1. The van der Waals surface area contributed by atoms with Crippen LogP contribution in [-0.4, -0.2) is 51.4 Å². The monoisotopic (exact) mass is 492 g/mol. The Bertz CT molecular complexity index is 589. The highest BCUT2D eigenvalue weighted by molar-refractivity contribution is 14.0. The predicted molar refractivity (Wildman–Crippen MR) is 120 cm³/mol. The van der Waals surface area contributed by atoms with Crippen LogP contribution in [0, 0.1) is 0 Å². The summed E-state index contributed by atoms with van der Waals surface area (Å²) in [6.45, 7) is 7.51. The lowest BCUT2D eigenvalue weighted by atomic mass is 10.1. The Morgan fingerprint density at radius 1 is 1.07 bits per heavy atom. The molecule has 0 saturated carbocycles. The number of alkyl carbamates (subject to hydrolysis) is 1. The second-order valence-corrected chi connectivity index (χ2v) is 6.77. The molecular formula is C19H33IN4O3. The molecule has 0 aliphatic carbocycles. The molecule has 27 heavy (non-hydrogen) atoms. The first-order chi connectivity index (χ1) is 12.4. The summed E-state index contributed by atoms with van der Waals surface area (Å²) in [6, 6.07) is 7.98. The quantitative estimate of drug-likeness (QED) is 0.225. The number of halogens is 1. The third-order valence-corrected chi connectivity index (χ3v) is 3.42. The molecule has 0 aromatic heterocycles. The van der Waals surface area contributed by atoms with E-state index in [2.05, 4.69) is 27.0 Å². The summed E-state index contributed by atoms with van der Waals surface area (Å²) in [4.78, 5) is 15.7. The number of guanidine groups is 1. The summed E-state index contributed by atoms with van der Waals surface area (Å²) in [5.41, 5.74) is 0.676. The van der Waals surface area contributed by atoms with Gasteiger partial charge in [-0.05, 0) is 45.2 Å². The number of benzene rings is 1. The number of amides is 1. The summed E-state index contributed by atoms with van der Waals surface area (Å²) in [5.74, 6) is 1.63. The van der Waals surface area contributed by atoms with Gasteiger partial charge < -0.3 is 25.4 Å². The van der Waals surface area contributed by atoms with E-state index >= 15 is 0 Å². The maximum Gasteiger partial charge on any atom is 0.407 e. The van der Waals surface area contributed by atoms with E-state index in [1.165, 1.54) is 0 Å². The highest BCUT2D eigenvalue weighted by atomic mass is 127. The van der Waals surface area contributed by atoms with Gasteiger partial charge >= 0.3 is 6.09 Å². The van der Waals surface area contributed by atoms with E-state index in [0.29, 0.717) is 13.1 Å². The first-order valence-corrected chi connectivity index (χ1v) is 8.89. The molecule has 0 aliphatic heterocycles. The van der Waals surface area contributed by atoms with Crippen molar-refractivity contribution in [3.05, 3.63) is 29.8 Å². The number of ether oxygens (including phenoxy) is 2. The topological polar surface area (TPSA) is 84.0 Å². The van der Waals surface area contributed by atoms with Crippen LogP contribution in [0.25, 0.3) is 0 Å². The SMILES string of the molecule is CN=C(NCCCNC(=O)OC(C)(C)C)NCCc1ccccc1OC.I. The maximum atomic E-state index is 11.5. The standard InChI is InChI=1S/C19H32N4O3.HI/c1-19(2,3)26-18(24)23-13-8-12-21-17(20-4)22-14-11-15-9-6-7-10-16(15)25-5;/h6-7,9-10H,8,11-14H2,1-5H3,(H,23,24)(H2,20,21,22);1H. The fourth-order valence-corrected chi connectivity index (χ4v) is 2.25. The molecule has 154 valence electrons. The van der Waals surface area contributed by atoms with Gasteiger partial charge in [0.15, 0.2) is 5.96 Å². The minimum absolute atomic E-state index is 0. The van der Waals surface area contributed by atoms with Crippen molar-refractivity contribution in [3.8, 4) is 5.75 Å². The number of hydrogen-bond acceptors (Lipinski definition) is 4. The van der Waals surface area contributed by atoms with Gasteiger partial charge in [0.2, 0.25) is 0 Å². The molecule has 3 N–H and O–H groups in total. The van der Waals surface area contributed by atoms with Gasteiger partial charge in [-0.2, -0.15) is 0 Å². The Morgan fingerprint density at radius 3 is 2.33 bits per heavy atom. The van der Waals surface area contributed by atoms with E-state index in [0.717, 1.165) is 36.7 Å². The average molecular weight is 492 g/mol. The van der Waals surface area contributed by atoms with Crippen molar-refractivity contribution in [2.75, 3.05) is 33.8 Å². The van der Waals surface area contributed by atoms with Gasteiger partial charge in [-0.25, -0.2) is 4.79 Å². The molecule has 0 heterocycles. The van der Waals surface area contributed by atoms with Crippen molar-refractivity contribution in [3.63, 3.8) is 0 Å². The fraction of sp³-hybridized carbons (Fsp3) is 0.579. The Hall–Kier alpha value is -1.71. The lowest BCUT2D eigenvalue weighted by Gasteiger charge is -2.19. The number of aliphatic imine (C=N–C) groups is 1. The number of nitrogens with zero attached hydrogens (tertiary/aromatic N) is 1. The average Bonchev–Trinajstić information content (AvgIpc) is 2.58. The molecule has 0 saturated heterocycles. The molecule has 0 spiro atoms. The second kappa shape index (κ2) is 13.5. The number of rotatable bonds is 8. The molecule has 0 unspecified atom stereocenters. The summed E-state index contributed by atoms with van der Waals surface area (Å²) >= 11 is 0. The van der Waals surface area contributed by atoms with Gasteiger partial charge in [0.25, 0.3) is 0 Å². The molecule has 8 heteroatoms. The Balaban J connectivity index is 0.00000676. The summed E-state index contributed by atoms with van der Waals surface area (Å²) in [5, 5.41) is 9.23. The molecule has 1 aromatic rings. The van der Waals surface area contributed by atoms with Crippen molar-refractivity contribution >= 4 is 36.0 Å². The van der Waals surface area contributed by atoms with Crippen LogP contribution < -0.4 is 20.7 Å². The van der Waals surface area contributed by atoms with Crippen LogP contribution in [-0.2, 0) is 11.2 Å². The van der Waals surface area contributed by atoms with E-state index in [1.54, 1.807) is 14.2 Å². The van der Waals surface area contributed by atoms with E-state index in [1.807, 2.05) is 39.0 Å². The normalized spacial score (nSPS) is 11.2. The van der Waals surface area contributed by atoms with E-state index < -0.39 is 11.7 Å². The molecule has 0 atom stereocenters. The third-order valence-electron chi connectivity index (χ3n) is 3.42. The van der Waals surface area contributed by atoms with E-state index in [4.69, 9.17) is 9.47 Å². The zero-order chi connectivity index (χ0) is 19.4. The first kappa shape index (κ1) is 25.3. The molecule has 1 aromatic carbocycles. The Kier molecular flexibility index (Phi) is 12.6. The van der Waals surface area contributed by atoms with Gasteiger partial charge in [0.05, 0.1) is 7.11 Å². The lowest BCUT2D eigenvalue weighted by Crippen LogP contribution is -2.40. The van der Waals surface area contributed by atoms with Gasteiger partial charge in [-0.15, -0.1) is 24.0 Å². The van der Waals surface area contributed by atoms with Crippen molar-refractivity contribution in [1.29, 1.82) is 0 Å². The Morgan fingerprint density at radius 2 is 1.70 bits per heavy atom. The zero-order valence-electron chi connectivity index (χ0n) is 16.9. The van der Waals surface area contributed by atoms with Crippen LogP contribution in [0.5, 0.6) is 5.75 Å². The van der Waals surface area contributed by atoms with Gasteiger partial charge in [-0.1, -0.05) is 18.2 Å². The number of carbonyl (C=O) groups excluding carboxylic acids is 1. The third kappa shape index (κ3) is 11.6. The molecule has 0 fully saturated rings. The number of hydrogen-bond donors (Lipinski definition) is 3. The molecule has 0 bridgehead atoms. The second-order valence-electron chi connectivity index (χ2n) is 6.77. The van der Waals surface area contributed by atoms with Crippen molar-refractivity contribution in [2.24, 2.45) is 4.99 Å². The van der Waals surface area contributed by atoms with Gasteiger partial charge in [0, 0.05) is 26.7 Å². The number of methoxy groups -OCH3 is 1. The van der Waals surface area contributed by atoms with Crippen LogP contribution in [0.3, 0.4) is 0 Å². The van der Waals surface area contributed by atoms with Crippen LogP contribution in [0.4, 0.5) is 4.79 Å². The minimum atomic E-state index is -0.476. The maximum absolute atomic E-state index is 11.5. The van der Waals surface area contributed by atoms with Crippen molar-refractivity contribution < 1.29 is 14.3 Å². The largest absolute Gasteiger partial charge is 0.496 e. The summed E-state index contributed by atoms with van der Waals surface area (Å²) in [6.07, 6.45) is 1.22. The molecule has 0 aliphatic rings. The highest BCUT2D eigenvalue weighted by Crippen LogP contribution is 2.17. The molecule has 1 rings (SSSR count). The van der Waals surface area contributed by atoms with Crippen molar-refractivity contribution in [1.82, 2.24) is 16.0 Å². The van der Waals surface area contributed by atoms with Crippen LogP contribution in [0.15, 0.2) is 29.3 Å². The Labute approximate surface area is 179 Å². The van der Waals surface area contributed by atoms with Crippen LogP contribution in [0.2, 0.25) is 0 Å². The highest BCUT2D eigenvalue weighted by Gasteiger charge is 2.15. The van der Waals surface area contributed by atoms with E-state index in [-0.39, 0.29) is 24.0 Å². The predicted octanol–water partition coefficient (Wildman–Crippen LogP) is 2.94.